The zero-order valence-electron chi connectivity index (χ0n) is 16.4. The average molecular weight is 462 g/mol. The van der Waals surface area contributed by atoms with Crippen LogP contribution in [0.3, 0.4) is 0 Å². The number of fused-ring (bicyclic) bond motifs is 1. The van der Waals surface area contributed by atoms with Gasteiger partial charge in [0.05, 0.1) is 16.7 Å². The van der Waals surface area contributed by atoms with Crippen LogP contribution in [0.5, 0.6) is 0 Å². The van der Waals surface area contributed by atoms with Crippen LogP contribution in [0.15, 0.2) is 36.7 Å². The lowest BCUT2D eigenvalue weighted by Crippen LogP contribution is -2.27. The van der Waals surface area contributed by atoms with E-state index in [0.717, 1.165) is 16.1 Å². The summed E-state index contributed by atoms with van der Waals surface area (Å²) in [6, 6.07) is 7.19. The van der Waals surface area contributed by atoms with Crippen LogP contribution >= 0.6 is 34.7 Å². The molecule has 4 rings (SSSR count). The van der Waals surface area contributed by atoms with E-state index in [1.165, 1.54) is 16.2 Å². The average Bonchev–Trinajstić information content (AvgIpc) is 3.30. The standard InChI is InChI=1S/C20H17Cl2N5O2S/c1-20(2,3)29-19(28)27-14-5-4-11(17(22)13(14)10-24-27)9-16-25-18(26-30-16)12-6-7-23-15(21)8-12/h4-8,10H,9H2,1-3H3. The molecule has 3 aromatic heterocycles. The Hall–Kier alpha value is -2.55. The van der Waals surface area contributed by atoms with Gasteiger partial charge >= 0.3 is 6.09 Å². The summed E-state index contributed by atoms with van der Waals surface area (Å²) < 4.78 is 11.0. The van der Waals surface area contributed by atoms with Gasteiger partial charge in [-0.15, -0.1) is 0 Å². The molecule has 0 spiro atoms. The first-order chi connectivity index (χ1) is 14.2. The van der Waals surface area contributed by atoms with Crippen LogP contribution in [0, 0.1) is 0 Å². The van der Waals surface area contributed by atoms with E-state index in [2.05, 4.69) is 19.4 Å². The first-order valence-electron chi connectivity index (χ1n) is 9.04. The highest BCUT2D eigenvalue weighted by Gasteiger charge is 2.21. The second kappa shape index (κ2) is 7.94. The third-order valence-corrected chi connectivity index (χ3v) is 5.49. The number of rotatable bonds is 3. The van der Waals surface area contributed by atoms with Gasteiger partial charge in [0.25, 0.3) is 0 Å². The molecule has 0 N–H and O–H groups in total. The number of hydrogen-bond donors (Lipinski definition) is 0. The predicted octanol–water partition coefficient (Wildman–Crippen LogP) is 5.63. The van der Waals surface area contributed by atoms with Crippen molar-refractivity contribution < 1.29 is 9.53 Å². The highest BCUT2D eigenvalue weighted by molar-refractivity contribution is 7.05. The van der Waals surface area contributed by atoms with Crippen LogP contribution < -0.4 is 0 Å². The Labute approximate surface area is 186 Å². The molecule has 0 aliphatic heterocycles. The number of carbonyl (C=O) groups excluding carboxylic acids is 1. The van der Waals surface area contributed by atoms with E-state index in [0.29, 0.717) is 33.3 Å². The molecule has 0 atom stereocenters. The Morgan fingerprint density at radius 1 is 1.23 bits per heavy atom. The van der Waals surface area contributed by atoms with Gasteiger partial charge in [0.2, 0.25) is 0 Å². The molecule has 0 aliphatic rings. The monoisotopic (exact) mass is 461 g/mol. The molecule has 0 unspecified atom stereocenters. The van der Waals surface area contributed by atoms with Crippen molar-refractivity contribution in [3.63, 3.8) is 0 Å². The topological polar surface area (TPSA) is 82.8 Å². The minimum atomic E-state index is -0.617. The molecule has 3 heterocycles. The van der Waals surface area contributed by atoms with E-state index in [1.807, 2.05) is 12.1 Å². The number of hydrogen-bond acceptors (Lipinski definition) is 7. The first-order valence-corrected chi connectivity index (χ1v) is 10.6. The Kier molecular flexibility index (Phi) is 5.48. The number of ether oxygens (including phenoxy) is 1. The normalized spacial score (nSPS) is 11.8. The zero-order chi connectivity index (χ0) is 21.5. The number of pyridine rings is 1. The lowest BCUT2D eigenvalue weighted by Gasteiger charge is -2.19. The Morgan fingerprint density at radius 3 is 2.77 bits per heavy atom. The van der Waals surface area contributed by atoms with Crippen LogP contribution in [-0.2, 0) is 11.2 Å². The van der Waals surface area contributed by atoms with Gasteiger partial charge in [0, 0.05) is 23.6 Å². The van der Waals surface area contributed by atoms with Crippen LogP contribution in [0.2, 0.25) is 10.2 Å². The molecule has 0 radical (unpaired) electrons. The van der Waals surface area contributed by atoms with E-state index in [1.54, 1.807) is 45.3 Å². The lowest BCUT2D eigenvalue weighted by molar-refractivity contribution is 0.0522. The first kappa shape index (κ1) is 20.7. The van der Waals surface area contributed by atoms with Crippen LogP contribution in [-0.4, -0.2) is 35.8 Å². The quantitative estimate of drug-likeness (QED) is 0.367. The lowest BCUT2D eigenvalue weighted by atomic mass is 10.1. The van der Waals surface area contributed by atoms with E-state index in [4.69, 9.17) is 27.9 Å². The third-order valence-electron chi connectivity index (χ3n) is 4.13. The van der Waals surface area contributed by atoms with Gasteiger partial charge in [-0.1, -0.05) is 29.3 Å². The molecule has 0 bridgehead atoms. The predicted molar refractivity (Wildman–Crippen MR) is 117 cm³/mol. The number of carbonyl (C=O) groups is 1. The second-order valence-electron chi connectivity index (χ2n) is 7.56. The molecule has 0 aliphatic carbocycles. The molecular formula is C20H17Cl2N5O2S. The van der Waals surface area contributed by atoms with Crippen LogP contribution in [0.1, 0.15) is 31.3 Å². The number of nitrogens with zero attached hydrogens (tertiary/aromatic N) is 5. The molecule has 154 valence electrons. The van der Waals surface area contributed by atoms with Crippen molar-refractivity contribution in [3.8, 4) is 11.4 Å². The number of aromatic nitrogens is 5. The summed E-state index contributed by atoms with van der Waals surface area (Å²) in [4.78, 5) is 20.9. The fraction of sp³-hybridized carbons (Fsp3) is 0.250. The van der Waals surface area contributed by atoms with Crippen molar-refractivity contribution in [1.29, 1.82) is 0 Å². The van der Waals surface area contributed by atoms with Crippen molar-refractivity contribution >= 4 is 51.7 Å². The van der Waals surface area contributed by atoms with Crippen molar-refractivity contribution in [2.24, 2.45) is 0 Å². The van der Waals surface area contributed by atoms with Gasteiger partial charge in [-0.2, -0.15) is 14.2 Å². The van der Waals surface area contributed by atoms with Crippen molar-refractivity contribution in [1.82, 2.24) is 24.1 Å². The summed E-state index contributed by atoms with van der Waals surface area (Å²) >= 11 is 13.9. The maximum absolute atomic E-state index is 12.4. The van der Waals surface area contributed by atoms with Gasteiger partial charge in [0.1, 0.15) is 15.8 Å². The Balaban J connectivity index is 1.60. The van der Waals surface area contributed by atoms with E-state index >= 15 is 0 Å². The van der Waals surface area contributed by atoms with Gasteiger partial charge in [-0.25, -0.2) is 14.8 Å². The summed E-state index contributed by atoms with van der Waals surface area (Å²) in [7, 11) is 0. The SMILES string of the molecule is CC(C)(C)OC(=O)n1ncc2c(Cl)c(Cc3nc(-c4ccnc(Cl)c4)ns3)ccc21. The summed E-state index contributed by atoms with van der Waals surface area (Å²) in [6.07, 6.45) is 3.13. The maximum Gasteiger partial charge on any atom is 0.435 e. The van der Waals surface area contributed by atoms with Gasteiger partial charge in [-0.3, -0.25) is 0 Å². The second-order valence-corrected chi connectivity index (χ2v) is 9.17. The van der Waals surface area contributed by atoms with E-state index in [9.17, 15) is 4.79 Å². The molecule has 0 amide bonds. The zero-order valence-corrected chi connectivity index (χ0v) is 18.7. The Bertz CT molecular complexity index is 1250. The molecule has 4 aromatic rings. The van der Waals surface area contributed by atoms with E-state index in [-0.39, 0.29) is 0 Å². The number of benzene rings is 1. The summed E-state index contributed by atoms with van der Waals surface area (Å²) in [5.74, 6) is 0.592. The Morgan fingerprint density at radius 2 is 2.03 bits per heavy atom. The van der Waals surface area contributed by atoms with Crippen molar-refractivity contribution in [3.05, 3.63) is 57.4 Å². The summed E-state index contributed by atoms with van der Waals surface area (Å²) in [5.41, 5.74) is 1.64. The number of halogens is 2. The fourth-order valence-corrected chi connectivity index (χ4v) is 3.98. The molecule has 10 heteroatoms. The van der Waals surface area contributed by atoms with Crippen molar-refractivity contribution in [2.75, 3.05) is 0 Å². The summed E-state index contributed by atoms with van der Waals surface area (Å²) in [5, 5.41) is 6.54. The molecule has 0 saturated carbocycles. The highest BCUT2D eigenvalue weighted by atomic mass is 35.5. The van der Waals surface area contributed by atoms with Crippen LogP contribution in [0.4, 0.5) is 4.79 Å². The largest absolute Gasteiger partial charge is 0.442 e. The highest BCUT2D eigenvalue weighted by Crippen LogP contribution is 2.30. The van der Waals surface area contributed by atoms with Gasteiger partial charge in [-0.05, 0) is 56.1 Å². The van der Waals surface area contributed by atoms with Crippen molar-refractivity contribution in [2.45, 2.75) is 32.8 Å². The van der Waals surface area contributed by atoms with Crippen LogP contribution in [0.25, 0.3) is 22.3 Å². The summed E-state index contributed by atoms with van der Waals surface area (Å²) in [6.45, 7) is 5.41. The van der Waals surface area contributed by atoms with E-state index < -0.39 is 11.7 Å². The molecule has 7 nitrogen and oxygen atoms in total. The molecule has 0 fully saturated rings. The minimum Gasteiger partial charge on any atom is -0.442 e. The van der Waals surface area contributed by atoms with Gasteiger partial charge < -0.3 is 4.74 Å². The van der Waals surface area contributed by atoms with Gasteiger partial charge in [0.15, 0.2) is 5.82 Å². The smallest absolute Gasteiger partial charge is 0.435 e. The third kappa shape index (κ3) is 4.30. The molecule has 1 aromatic carbocycles. The molecule has 30 heavy (non-hydrogen) atoms. The minimum absolute atomic E-state index is 0.388. The molecular weight excluding hydrogens is 445 g/mol. The fourth-order valence-electron chi connectivity index (χ4n) is 2.85. The maximum atomic E-state index is 12.4. The molecule has 0 saturated heterocycles.